The molecule has 0 radical (unpaired) electrons. The monoisotopic (exact) mass is 734 g/mol. The molecule has 2 aromatic carbocycles. The van der Waals surface area contributed by atoms with Gasteiger partial charge in [0, 0.05) is 68.6 Å². The summed E-state index contributed by atoms with van der Waals surface area (Å²) in [6.07, 6.45) is 16.0. The van der Waals surface area contributed by atoms with E-state index in [1.54, 1.807) is 24.3 Å². The average molecular weight is 735 g/mol. The van der Waals surface area contributed by atoms with Gasteiger partial charge in [0.25, 0.3) is 0 Å². The summed E-state index contributed by atoms with van der Waals surface area (Å²) in [5.74, 6) is -1.99. The molecule has 0 fully saturated rings. The molecule has 0 aliphatic carbocycles. The summed E-state index contributed by atoms with van der Waals surface area (Å²) >= 11 is 0. The highest BCUT2D eigenvalue weighted by molar-refractivity contribution is 6.00. The zero-order valence-corrected chi connectivity index (χ0v) is 30.4. The number of carboxylic acid groups (broad SMARTS) is 2. The van der Waals surface area contributed by atoms with Crippen molar-refractivity contribution < 1.29 is 28.9 Å². The number of carbonyl (C=O) groups is 2. The van der Waals surface area contributed by atoms with Crippen molar-refractivity contribution in [3.63, 3.8) is 0 Å². The van der Waals surface area contributed by atoms with Crippen molar-refractivity contribution in [1.29, 1.82) is 0 Å². The topological polar surface area (TPSA) is 140 Å². The summed E-state index contributed by atoms with van der Waals surface area (Å²) in [5.41, 5.74) is 13.5. The number of aryl methyl sites for hydroxylation is 2. The number of nitrogens with zero attached hydrogens (tertiary/aromatic N) is 4. The maximum absolute atomic E-state index is 11.8. The van der Waals surface area contributed by atoms with Gasteiger partial charge in [-0.05, 0) is 95.1 Å². The zero-order valence-electron chi connectivity index (χ0n) is 30.4. The molecule has 7 heterocycles. The fourth-order valence-electron chi connectivity index (χ4n) is 7.31. The largest absolute Gasteiger partial charge is 0.478 e. The average Bonchev–Trinajstić information content (AvgIpc) is 4.05. The van der Waals surface area contributed by atoms with Crippen LogP contribution in [0.5, 0.6) is 0 Å². The van der Waals surface area contributed by atoms with E-state index in [0.29, 0.717) is 11.4 Å². The number of aromatic amines is 2. The summed E-state index contributed by atoms with van der Waals surface area (Å²) in [7, 11) is 3.94. The molecular weight excluding hydrogens is 701 g/mol. The highest BCUT2D eigenvalue weighted by Gasteiger charge is 2.20. The van der Waals surface area contributed by atoms with E-state index in [1.807, 2.05) is 121 Å². The van der Waals surface area contributed by atoms with Crippen LogP contribution >= 0.6 is 0 Å². The third-order valence-electron chi connectivity index (χ3n) is 10.1. The van der Waals surface area contributed by atoms with Crippen LogP contribution in [-0.2, 0) is 14.1 Å². The van der Waals surface area contributed by atoms with Gasteiger partial charge in [-0.15, -0.1) is 0 Å². The van der Waals surface area contributed by atoms with Gasteiger partial charge in [-0.3, -0.25) is 0 Å². The van der Waals surface area contributed by atoms with Gasteiger partial charge in [0.2, 0.25) is 0 Å². The summed E-state index contributed by atoms with van der Waals surface area (Å²) in [6, 6.07) is 30.0. The highest BCUT2D eigenvalue weighted by atomic mass is 16.4. The molecule has 5 aromatic heterocycles. The van der Waals surface area contributed by atoms with E-state index in [0.717, 1.165) is 78.0 Å². The Bertz CT molecular complexity index is 2750. The van der Waals surface area contributed by atoms with E-state index in [-0.39, 0.29) is 11.1 Å². The van der Waals surface area contributed by atoms with Crippen LogP contribution in [0.15, 0.2) is 122 Å². The molecule has 0 saturated carbocycles. The van der Waals surface area contributed by atoms with Crippen LogP contribution in [0.1, 0.15) is 43.5 Å². The third kappa shape index (κ3) is 6.14. The van der Waals surface area contributed by atoms with E-state index in [9.17, 15) is 19.8 Å². The molecule has 56 heavy (non-hydrogen) atoms. The lowest BCUT2D eigenvalue weighted by Gasteiger charge is -2.07. The number of hydrogen-bond acceptors (Lipinski definition) is 4. The molecule has 10 nitrogen and oxygen atoms in total. The molecule has 270 valence electrons. The lowest BCUT2D eigenvalue weighted by Crippen LogP contribution is -2.25. The number of pyridine rings is 2. The van der Waals surface area contributed by atoms with Crippen LogP contribution in [-0.4, -0.2) is 42.1 Å². The predicted octanol–water partition coefficient (Wildman–Crippen LogP) is 8.37. The lowest BCUT2D eigenvalue weighted by molar-refractivity contribution is -0.671. The Morgan fingerprint density at radius 2 is 0.696 bits per heavy atom. The molecule has 4 N–H and O–H groups in total. The second-order valence-corrected chi connectivity index (χ2v) is 13.8. The molecule has 7 aromatic rings. The number of carboxylic acids is 2. The molecule has 0 saturated heterocycles. The van der Waals surface area contributed by atoms with Crippen molar-refractivity contribution in [3.05, 3.63) is 156 Å². The van der Waals surface area contributed by atoms with Crippen LogP contribution in [0, 0.1) is 0 Å². The first-order chi connectivity index (χ1) is 27.2. The molecule has 2 aliphatic rings. The van der Waals surface area contributed by atoms with Crippen molar-refractivity contribution in [2.75, 3.05) is 0 Å². The quantitative estimate of drug-likeness (QED) is 0.127. The zero-order chi connectivity index (χ0) is 38.5. The first kappa shape index (κ1) is 34.1. The van der Waals surface area contributed by atoms with Gasteiger partial charge in [-0.25, -0.2) is 28.7 Å². The normalized spacial score (nSPS) is 11.9. The Labute approximate surface area is 320 Å². The molecule has 8 bridgehead atoms. The Kier molecular flexibility index (Phi) is 8.28. The Morgan fingerprint density at radius 1 is 0.429 bits per heavy atom. The molecule has 0 amide bonds. The Balaban J connectivity index is 1.44. The van der Waals surface area contributed by atoms with Gasteiger partial charge >= 0.3 is 11.9 Å². The van der Waals surface area contributed by atoms with Crippen LogP contribution in [0.25, 0.3) is 90.9 Å². The summed E-state index contributed by atoms with van der Waals surface area (Å²) in [6.45, 7) is 0. The number of nitrogens with one attached hydrogen (secondary N) is 2. The fourth-order valence-corrected chi connectivity index (χ4v) is 7.31. The van der Waals surface area contributed by atoms with Crippen molar-refractivity contribution in [2.24, 2.45) is 14.1 Å². The number of H-pyrrole nitrogens is 2. The Hall–Kier alpha value is -7.72. The first-order valence-corrected chi connectivity index (χ1v) is 18.0. The smallest absolute Gasteiger partial charge is 0.335 e. The predicted molar refractivity (Wildman–Crippen MR) is 217 cm³/mol. The molecular formula is C46H34N6O4+2. The van der Waals surface area contributed by atoms with Crippen molar-refractivity contribution in [3.8, 4) is 44.5 Å². The number of fused-ring (bicyclic) bond motifs is 8. The molecule has 0 atom stereocenters. The third-order valence-corrected chi connectivity index (χ3v) is 10.1. The van der Waals surface area contributed by atoms with E-state index in [2.05, 4.69) is 34.2 Å². The highest BCUT2D eigenvalue weighted by Crippen LogP contribution is 2.38. The number of benzene rings is 2. The van der Waals surface area contributed by atoms with Gasteiger partial charge in [0.1, 0.15) is 14.1 Å². The second-order valence-electron chi connectivity index (χ2n) is 13.8. The van der Waals surface area contributed by atoms with Crippen LogP contribution in [0.3, 0.4) is 0 Å². The van der Waals surface area contributed by atoms with Gasteiger partial charge in [0.15, 0.2) is 24.8 Å². The van der Waals surface area contributed by atoms with Gasteiger partial charge < -0.3 is 20.2 Å². The molecule has 2 aliphatic heterocycles. The summed E-state index contributed by atoms with van der Waals surface area (Å²) in [5, 5.41) is 19.4. The molecule has 0 unspecified atom stereocenters. The van der Waals surface area contributed by atoms with Gasteiger partial charge in [-0.1, -0.05) is 24.3 Å². The van der Waals surface area contributed by atoms with Crippen molar-refractivity contribution in [2.45, 2.75) is 0 Å². The lowest BCUT2D eigenvalue weighted by atomic mass is 10.0. The first-order valence-electron chi connectivity index (χ1n) is 18.0. The molecule has 9 rings (SSSR count). The van der Waals surface area contributed by atoms with Gasteiger partial charge in [-0.2, -0.15) is 0 Å². The van der Waals surface area contributed by atoms with E-state index < -0.39 is 11.9 Å². The number of rotatable bonds is 6. The SMILES string of the molecule is C[n+]1ccc(-c2c3nc(c(-c4ccc(C(=O)O)cc4)c4ccc([nH]4)c(-c4cc[n+](C)cc4)c4nc(c(-c5ccc(C(=O)O)cc5)c5ccc2[nH]5)C=C4)C=C3)cc1. The minimum absolute atomic E-state index is 0.196. The Morgan fingerprint density at radius 3 is 0.964 bits per heavy atom. The molecule has 10 heteroatoms. The summed E-state index contributed by atoms with van der Waals surface area (Å²) < 4.78 is 3.95. The standard InChI is InChI=1S/C46H32N6O4/c1-51-23-19-29(20-24-51)43-37-15-11-33(47-37)41(27-3-7-31(8-4-27)45(53)54)35-13-17-39(49-35)44(30-21-25-52(2)26-22-30)40-18-14-36(50-40)42(34-12-16-38(43)48-34)28-5-9-32(10-6-28)46(55)56/h3-26H,1-2H3,(H2-,47,48,49,50,53,54,55,56)/p+2. The van der Waals surface area contributed by atoms with Gasteiger partial charge in [0.05, 0.1) is 33.9 Å². The van der Waals surface area contributed by atoms with Crippen LogP contribution < -0.4 is 9.13 Å². The van der Waals surface area contributed by atoms with E-state index in [4.69, 9.17) is 9.97 Å². The minimum atomic E-state index is -0.994. The number of aromatic nitrogens is 6. The van der Waals surface area contributed by atoms with Crippen molar-refractivity contribution >= 4 is 58.3 Å². The van der Waals surface area contributed by atoms with Crippen LogP contribution in [0.4, 0.5) is 0 Å². The van der Waals surface area contributed by atoms with E-state index in [1.165, 1.54) is 0 Å². The summed E-state index contributed by atoms with van der Waals surface area (Å²) in [4.78, 5) is 41.6. The molecule has 0 spiro atoms. The van der Waals surface area contributed by atoms with E-state index >= 15 is 0 Å². The minimum Gasteiger partial charge on any atom is -0.478 e. The van der Waals surface area contributed by atoms with Crippen molar-refractivity contribution in [1.82, 2.24) is 19.9 Å². The maximum atomic E-state index is 11.8. The van der Waals surface area contributed by atoms with Crippen LogP contribution in [0.2, 0.25) is 0 Å². The maximum Gasteiger partial charge on any atom is 0.335 e. The fraction of sp³-hybridized carbons (Fsp3) is 0.0435. The number of hydrogen-bond donors (Lipinski definition) is 4. The second kappa shape index (κ2) is 13.6. The number of aromatic carboxylic acids is 2.